The topological polar surface area (TPSA) is 30.5 Å². The number of halogens is 4. The predicted octanol–water partition coefficient (Wildman–Crippen LogP) is 5.09. The largest absolute Gasteiger partial charge is 0.573 e. The molecule has 3 nitrogen and oxygen atoms in total. The lowest BCUT2D eigenvalue weighted by atomic mass is 9.77. The van der Waals surface area contributed by atoms with Crippen LogP contribution in [0.15, 0.2) is 48.5 Å². The molecule has 0 radical (unpaired) electrons. The minimum absolute atomic E-state index is 0.0620. The van der Waals surface area contributed by atoms with E-state index in [1.807, 2.05) is 30.3 Å². The number of nitrogens with one attached hydrogen (secondary N) is 1. The van der Waals surface area contributed by atoms with Crippen LogP contribution in [-0.4, -0.2) is 25.1 Å². The monoisotopic (exact) mass is 395 g/mol. The molecule has 0 amide bonds. The standard InChI is InChI=1S/C21H21F4NO2/c22-16-7-8-18(28-21(23,24)25)17(11-16)15-12-20(27-13-15)9-4-10-26-19(20)14-5-2-1-3-6-14/h1-3,5-8,11,15,19,26H,4,9-10,12-13H2/t15-,19-,20+/m0/s1. The summed E-state index contributed by atoms with van der Waals surface area (Å²) in [4.78, 5) is 0. The van der Waals surface area contributed by atoms with Crippen molar-refractivity contribution in [3.8, 4) is 5.75 Å². The Balaban J connectivity index is 1.64. The van der Waals surface area contributed by atoms with Crippen LogP contribution in [-0.2, 0) is 4.74 Å². The highest BCUT2D eigenvalue weighted by Gasteiger charge is 2.49. The maximum absolute atomic E-state index is 13.8. The van der Waals surface area contributed by atoms with Crippen LogP contribution in [0.25, 0.3) is 0 Å². The first-order chi connectivity index (χ1) is 13.4. The lowest BCUT2D eigenvalue weighted by molar-refractivity contribution is -0.275. The Morgan fingerprint density at radius 2 is 1.89 bits per heavy atom. The molecule has 0 unspecified atom stereocenters. The van der Waals surface area contributed by atoms with Crippen molar-refractivity contribution < 1.29 is 27.0 Å². The van der Waals surface area contributed by atoms with Crippen molar-refractivity contribution in [1.82, 2.24) is 5.32 Å². The molecule has 2 aliphatic heterocycles. The molecular formula is C21H21F4NO2. The van der Waals surface area contributed by atoms with Gasteiger partial charge in [0.2, 0.25) is 0 Å². The minimum atomic E-state index is -4.83. The molecule has 7 heteroatoms. The van der Waals surface area contributed by atoms with E-state index in [1.54, 1.807) is 0 Å². The second kappa shape index (κ2) is 7.37. The van der Waals surface area contributed by atoms with Crippen LogP contribution in [0.4, 0.5) is 17.6 Å². The second-order valence-electron chi connectivity index (χ2n) is 7.41. The third-order valence-corrected chi connectivity index (χ3v) is 5.59. The summed E-state index contributed by atoms with van der Waals surface area (Å²) >= 11 is 0. The molecule has 2 aromatic rings. The van der Waals surface area contributed by atoms with Crippen LogP contribution in [0.3, 0.4) is 0 Å². The number of alkyl halides is 3. The molecule has 2 heterocycles. The Hall–Kier alpha value is -2.12. The zero-order valence-corrected chi connectivity index (χ0v) is 15.1. The summed E-state index contributed by atoms with van der Waals surface area (Å²) in [6.07, 6.45) is -2.63. The lowest BCUT2D eigenvalue weighted by Gasteiger charge is -2.41. The highest BCUT2D eigenvalue weighted by Crippen LogP contribution is 2.49. The molecule has 2 fully saturated rings. The molecule has 2 aliphatic rings. The zero-order valence-electron chi connectivity index (χ0n) is 15.1. The second-order valence-corrected chi connectivity index (χ2v) is 7.41. The van der Waals surface area contributed by atoms with Gasteiger partial charge in [-0.2, -0.15) is 0 Å². The SMILES string of the molecule is Fc1ccc(OC(F)(F)F)c([C@@H]2CO[C@]3(CCCN[C@H]3c3ccccc3)C2)c1. The van der Waals surface area contributed by atoms with Crippen molar-refractivity contribution >= 4 is 0 Å². The number of hydrogen-bond acceptors (Lipinski definition) is 3. The van der Waals surface area contributed by atoms with Crippen LogP contribution in [0, 0.1) is 5.82 Å². The molecule has 28 heavy (non-hydrogen) atoms. The first-order valence-electron chi connectivity index (χ1n) is 9.34. The summed E-state index contributed by atoms with van der Waals surface area (Å²) in [5, 5.41) is 3.49. The Morgan fingerprint density at radius 1 is 1.11 bits per heavy atom. The number of benzene rings is 2. The number of piperidine rings is 1. The van der Waals surface area contributed by atoms with Gasteiger partial charge in [0.1, 0.15) is 11.6 Å². The molecule has 0 aromatic heterocycles. The Morgan fingerprint density at radius 3 is 2.64 bits per heavy atom. The average molecular weight is 395 g/mol. The van der Waals surface area contributed by atoms with E-state index in [4.69, 9.17) is 4.74 Å². The van der Waals surface area contributed by atoms with Gasteiger partial charge in [0.05, 0.1) is 18.2 Å². The van der Waals surface area contributed by atoms with E-state index in [2.05, 4.69) is 10.1 Å². The van der Waals surface area contributed by atoms with Crippen LogP contribution in [0.2, 0.25) is 0 Å². The van der Waals surface area contributed by atoms with E-state index in [-0.39, 0.29) is 29.9 Å². The van der Waals surface area contributed by atoms with E-state index < -0.39 is 17.8 Å². The summed E-state index contributed by atoms with van der Waals surface area (Å²) in [5.41, 5.74) is 0.743. The van der Waals surface area contributed by atoms with Crippen molar-refractivity contribution in [3.05, 3.63) is 65.5 Å². The van der Waals surface area contributed by atoms with Gasteiger partial charge in [-0.1, -0.05) is 30.3 Å². The third kappa shape index (κ3) is 3.86. The molecular weight excluding hydrogens is 374 g/mol. The molecule has 150 valence electrons. The smallest absolute Gasteiger partial charge is 0.405 e. The van der Waals surface area contributed by atoms with Gasteiger partial charge in [0.15, 0.2) is 0 Å². The van der Waals surface area contributed by atoms with Crippen molar-refractivity contribution in [2.75, 3.05) is 13.2 Å². The van der Waals surface area contributed by atoms with Crippen molar-refractivity contribution in [2.45, 2.75) is 43.2 Å². The fraction of sp³-hybridized carbons (Fsp3) is 0.429. The highest BCUT2D eigenvalue weighted by molar-refractivity contribution is 5.39. The van der Waals surface area contributed by atoms with Gasteiger partial charge in [-0.3, -0.25) is 0 Å². The van der Waals surface area contributed by atoms with E-state index in [1.165, 1.54) is 0 Å². The molecule has 0 saturated carbocycles. The maximum Gasteiger partial charge on any atom is 0.573 e. The summed E-state index contributed by atoms with van der Waals surface area (Å²) in [6, 6.07) is 13.0. The first kappa shape index (κ1) is 19.2. The number of ether oxygens (including phenoxy) is 2. The van der Waals surface area contributed by atoms with Gasteiger partial charge in [0, 0.05) is 11.5 Å². The predicted molar refractivity (Wildman–Crippen MR) is 95.5 cm³/mol. The van der Waals surface area contributed by atoms with Crippen molar-refractivity contribution in [3.63, 3.8) is 0 Å². The van der Waals surface area contributed by atoms with Gasteiger partial charge in [-0.25, -0.2) is 4.39 Å². The lowest BCUT2D eigenvalue weighted by Crippen LogP contribution is -2.48. The van der Waals surface area contributed by atoms with Crippen molar-refractivity contribution in [1.29, 1.82) is 0 Å². The van der Waals surface area contributed by atoms with Crippen LogP contribution in [0.5, 0.6) is 5.75 Å². The quantitative estimate of drug-likeness (QED) is 0.735. The van der Waals surface area contributed by atoms with Crippen LogP contribution < -0.4 is 10.1 Å². The molecule has 1 spiro atoms. The molecule has 3 atom stereocenters. The fourth-order valence-corrected chi connectivity index (χ4v) is 4.46. The Bertz CT molecular complexity index is 827. The first-order valence-corrected chi connectivity index (χ1v) is 9.34. The normalized spacial score (nSPS) is 27.9. The zero-order chi connectivity index (χ0) is 19.8. The van der Waals surface area contributed by atoms with E-state index in [9.17, 15) is 17.6 Å². The van der Waals surface area contributed by atoms with E-state index in [0.29, 0.717) is 6.42 Å². The Labute approximate surface area is 160 Å². The molecule has 0 aliphatic carbocycles. The summed E-state index contributed by atoms with van der Waals surface area (Å²) in [7, 11) is 0. The van der Waals surface area contributed by atoms with E-state index >= 15 is 0 Å². The molecule has 1 N–H and O–H groups in total. The molecule has 4 rings (SSSR count). The molecule has 2 saturated heterocycles. The van der Waals surface area contributed by atoms with E-state index in [0.717, 1.165) is 43.1 Å². The van der Waals surface area contributed by atoms with Gasteiger partial charge in [-0.05, 0) is 49.6 Å². The summed E-state index contributed by atoms with van der Waals surface area (Å²) < 4.78 is 62.5. The average Bonchev–Trinajstić information content (AvgIpc) is 3.07. The van der Waals surface area contributed by atoms with Gasteiger partial charge < -0.3 is 14.8 Å². The highest BCUT2D eigenvalue weighted by atomic mass is 19.4. The van der Waals surface area contributed by atoms with Gasteiger partial charge in [0.25, 0.3) is 0 Å². The molecule has 2 aromatic carbocycles. The maximum atomic E-state index is 13.8. The number of rotatable bonds is 3. The minimum Gasteiger partial charge on any atom is -0.405 e. The summed E-state index contributed by atoms with van der Waals surface area (Å²) in [6.45, 7) is 1.07. The fourth-order valence-electron chi connectivity index (χ4n) is 4.46. The number of hydrogen-bond donors (Lipinski definition) is 1. The third-order valence-electron chi connectivity index (χ3n) is 5.59. The molecule has 0 bridgehead atoms. The van der Waals surface area contributed by atoms with Crippen LogP contribution >= 0.6 is 0 Å². The van der Waals surface area contributed by atoms with Gasteiger partial charge >= 0.3 is 6.36 Å². The van der Waals surface area contributed by atoms with Crippen molar-refractivity contribution in [2.24, 2.45) is 0 Å². The summed E-state index contributed by atoms with van der Waals surface area (Å²) in [5.74, 6) is -1.33. The van der Waals surface area contributed by atoms with Crippen LogP contribution in [0.1, 0.15) is 42.3 Å². The van der Waals surface area contributed by atoms with Gasteiger partial charge in [-0.15, -0.1) is 13.2 Å². The Kier molecular flexibility index (Phi) is 5.05.